The topological polar surface area (TPSA) is 57.0 Å². The van der Waals surface area contributed by atoms with Gasteiger partial charge in [-0.1, -0.05) is 17.7 Å². The van der Waals surface area contributed by atoms with Crippen molar-refractivity contribution < 1.29 is 18.0 Å². The van der Waals surface area contributed by atoms with Crippen LogP contribution in [0.3, 0.4) is 0 Å². The molecule has 0 saturated carbocycles. The molecule has 1 aromatic carbocycles. The predicted octanol–water partition coefficient (Wildman–Crippen LogP) is 2.34. The Morgan fingerprint density at radius 2 is 2.10 bits per heavy atom. The van der Waals surface area contributed by atoms with Crippen molar-refractivity contribution in [3.05, 3.63) is 45.5 Å². The molecule has 0 saturated heterocycles. The van der Waals surface area contributed by atoms with E-state index in [4.69, 9.17) is 16.4 Å². The summed E-state index contributed by atoms with van der Waals surface area (Å²) in [4.78, 5) is 17.2. The van der Waals surface area contributed by atoms with Crippen molar-refractivity contribution in [1.29, 1.82) is 0 Å². The molecule has 0 atom stereocenters. The van der Waals surface area contributed by atoms with E-state index in [1.165, 1.54) is 12.1 Å². The highest BCUT2D eigenvalue weighted by atomic mass is 35.5. The first-order valence-electron chi connectivity index (χ1n) is 5.38. The molecule has 1 heterocycles. The van der Waals surface area contributed by atoms with Crippen LogP contribution < -0.4 is 10.4 Å². The first-order chi connectivity index (χ1) is 9.50. The minimum absolute atomic E-state index is 0.153. The highest BCUT2D eigenvalue weighted by Gasteiger charge is 2.10. The van der Waals surface area contributed by atoms with Crippen molar-refractivity contribution in [3.63, 3.8) is 0 Å². The summed E-state index contributed by atoms with van der Waals surface area (Å²) >= 11 is 5.83. The fraction of sp³-hybridized carbons (Fsp3) is 0.182. The van der Waals surface area contributed by atoms with E-state index in [0.29, 0.717) is 4.85 Å². The van der Waals surface area contributed by atoms with Crippen LogP contribution in [0.2, 0.25) is 5.02 Å². The summed E-state index contributed by atoms with van der Waals surface area (Å²) in [5.41, 5.74) is -0.470. The first kappa shape index (κ1) is 14.3. The summed E-state index contributed by atoms with van der Waals surface area (Å²) in [5, 5.41) is 7.50. The minimum atomic E-state index is -2.42. The Morgan fingerprint density at radius 1 is 1.35 bits per heavy atom. The van der Waals surface area contributed by atoms with Crippen LogP contribution in [0.15, 0.2) is 34.9 Å². The third kappa shape index (κ3) is 2.90. The number of nitrogens with zero attached hydrogens (tertiary/aromatic N) is 3. The maximum absolute atomic E-state index is 12.5. The van der Waals surface area contributed by atoms with Crippen molar-refractivity contribution in [3.8, 4) is 0 Å². The lowest BCUT2D eigenvalue weighted by molar-refractivity contribution is 0.0659. The van der Waals surface area contributed by atoms with E-state index in [1.54, 1.807) is 6.07 Å². The third-order valence-corrected chi connectivity index (χ3v) is 2.66. The van der Waals surface area contributed by atoms with Gasteiger partial charge in [-0.15, -0.1) is 5.10 Å². The number of rotatable bonds is 4. The summed E-state index contributed by atoms with van der Waals surface area (Å²) in [6.07, 6.45) is -3.10. The number of hydrogen-bond donors (Lipinski definition) is 0. The second kappa shape index (κ2) is 5.91. The Bertz CT molecular complexity index is 728. The second-order valence-corrected chi connectivity index (χ2v) is 4.06. The lowest BCUT2D eigenvalue weighted by atomic mass is 10.2. The van der Waals surface area contributed by atoms with Gasteiger partial charge < -0.3 is 4.84 Å². The Hall–Kier alpha value is -2.09. The van der Waals surface area contributed by atoms with E-state index in [2.05, 4.69) is 10.3 Å². The van der Waals surface area contributed by atoms with Gasteiger partial charge in [-0.3, -0.25) is 4.79 Å². The molecule has 0 N–H and O–H groups in total. The van der Waals surface area contributed by atoms with Crippen LogP contribution in [0.1, 0.15) is 6.42 Å². The molecule has 20 heavy (non-hydrogen) atoms. The van der Waals surface area contributed by atoms with E-state index < -0.39 is 30.5 Å². The summed E-state index contributed by atoms with van der Waals surface area (Å²) in [6, 6.07) is 4.53. The Balaban J connectivity index is 2.22. The van der Waals surface area contributed by atoms with Crippen molar-refractivity contribution in [1.82, 2.24) is 15.2 Å². The molecule has 0 spiro atoms. The first-order valence-corrected chi connectivity index (χ1v) is 5.75. The lowest BCUT2D eigenvalue weighted by Gasteiger charge is -2.06. The number of aromatic nitrogens is 3. The van der Waals surface area contributed by atoms with E-state index in [-0.39, 0.29) is 15.9 Å². The number of hydrogen-bond acceptors (Lipinski definition) is 4. The van der Waals surface area contributed by atoms with Crippen LogP contribution in [0.4, 0.5) is 13.2 Å². The molecule has 0 aliphatic carbocycles. The van der Waals surface area contributed by atoms with E-state index in [9.17, 15) is 18.0 Å². The zero-order chi connectivity index (χ0) is 14.7. The largest absolute Gasteiger partial charge is 0.392 e. The molecular weight excluding hydrogens is 299 g/mol. The molecule has 0 aliphatic heterocycles. The van der Waals surface area contributed by atoms with Crippen molar-refractivity contribution >= 4 is 22.5 Å². The fourth-order valence-corrected chi connectivity index (χ4v) is 1.63. The molecule has 0 aliphatic rings. The number of benzene rings is 1. The predicted molar refractivity (Wildman–Crippen MR) is 65.2 cm³/mol. The van der Waals surface area contributed by atoms with Crippen LogP contribution in [0, 0.1) is 0 Å². The van der Waals surface area contributed by atoms with Gasteiger partial charge in [-0.05, 0) is 22.2 Å². The van der Waals surface area contributed by atoms with Gasteiger partial charge in [-0.25, -0.2) is 4.39 Å². The SMILES string of the molecule is O=c1c2cccc(Cl)c2nnn1OCCC(F)=C(F)F. The Kier molecular flexibility index (Phi) is 4.23. The van der Waals surface area contributed by atoms with Gasteiger partial charge in [-0.2, -0.15) is 8.78 Å². The molecule has 2 aromatic rings. The van der Waals surface area contributed by atoms with Gasteiger partial charge >= 0.3 is 11.6 Å². The molecule has 0 amide bonds. The van der Waals surface area contributed by atoms with E-state index >= 15 is 0 Å². The summed E-state index contributed by atoms with van der Waals surface area (Å²) in [7, 11) is 0. The highest BCUT2D eigenvalue weighted by molar-refractivity contribution is 6.34. The molecule has 1 aromatic heterocycles. The molecule has 0 radical (unpaired) electrons. The number of halogens is 4. The number of fused-ring (bicyclic) bond motifs is 1. The van der Waals surface area contributed by atoms with Gasteiger partial charge in [0, 0.05) is 6.42 Å². The van der Waals surface area contributed by atoms with Crippen LogP contribution in [-0.4, -0.2) is 21.8 Å². The highest BCUT2D eigenvalue weighted by Crippen LogP contribution is 2.17. The second-order valence-electron chi connectivity index (χ2n) is 3.65. The van der Waals surface area contributed by atoms with Crippen molar-refractivity contribution in [2.24, 2.45) is 0 Å². The van der Waals surface area contributed by atoms with Gasteiger partial charge in [0.2, 0.25) is 0 Å². The molecule has 0 bridgehead atoms. The van der Waals surface area contributed by atoms with Crippen LogP contribution in [0.25, 0.3) is 10.9 Å². The fourth-order valence-electron chi connectivity index (χ4n) is 1.42. The smallest absolute Gasteiger partial charge is 0.314 e. The molecule has 2 rings (SSSR count). The van der Waals surface area contributed by atoms with E-state index in [0.717, 1.165) is 0 Å². The summed E-state index contributed by atoms with van der Waals surface area (Å²) in [5.74, 6) is -1.60. The van der Waals surface area contributed by atoms with Crippen molar-refractivity contribution in [2.45, 2.75) is 6.42 Å². The Labute approximate surface area is 115 Å². The maximum atomic E-state index is 12.5. The minimum Gasteiger partial charge on any atom is -0.392 e. The zero-order valence-corrected chi connectivity index (χ0v) is 10.6. The molecule has 0 unspecified atom stereocenters. The Morgan fingerprint density at radius 3 is 2.80 bits per heavy atom. The van der Waals surface area contributed by atoms with Gasteiger partial charge in [0.1, 0.15) is 12.1 Å². The molecule has 106 valence electrons. The van der Waals surface area contributed by atoms with Crippen molar-refractivity contribution in [2.75, 3.05) is 6.61 Å². The van der Waals surface area contributed by atoms with Gasteiger partial charge in [0.15, 0.2) is 5.83 Å². The molecular formula is C11H7ClF3N3O2. The zero-order valence-electron chi connectivity index (χ0n) is 9.82. The summed E-state index contributed by atoms with van der Waals surface area (Å²) in [6.45, 7) is -0.482. The monoisotopic (exact) mass is 305 g/mol. The van der Waals surface area contributed by atoms with E-state index in [1.807, 2.05) is 0 Å². The lowest BCUT2D eigenvalue weighted by Crippen LogP contribution is -2.31. The average molecular weight is 306 g/mol. The molecule has 9 heteroatoms. The average Bonchev–Trinajstić information content (AvgIpc) is 2.42. The molecule has 5 nitrogen and oxygen atoms in total. The van der Waals surface area contributed by atoms with Crippen LogP contribution >= 0.6 is 11.6 Å². The summed E-state index contributed by atoms with van der Waals surface area (Å²) < 4.78 is 36.2. The maximum Gasteiger partial charge on any atom is 0.314 e. The third-order valence-electron chi connectivity index (χ3n) is 2.36. The van der Waals surface area contributed by atoms with Crippen LogP contribution in [-0.2, 0) is 0 Å². The normalized spacial score (nSPS) is 10.6. The standard InChI is InChI=1S/C11H7ClF3N3O2/c12-7-3-1-2-6-9(7)16-17-18(11(6)19)20-5-4-8(13)10(14)15/h1-3H,4-5H2. The molecule has 0 fully saturated rings. The quantitative estimate of drug-likeness (QED) is 0.870. The van der Waals surface area contributed by atoms with Gasteiger partial charge in [0.25, 0.3) is 0 Å². The van der Waals surface area contributed by atoms with Gasteiger partial charge in [0.05, 0.1) is 10.4 Å². The van der Waals surface area contributed by atoms with Crippen LogP contribution in [0.5, 0.6) is 0 Å².